The first-order valence-electron chi connectivity index (χ1n) is 7.98. The zero-order valence-corrected chi connectivity index (χ0v) is 15.7. The highest BCUT2D eigenvalue weighted by Gasteiger charge is 2.22. The summed E-state index contributed by atoms with van der Waals surface area (Å²) >= 11 is 6.11. The Balaban J connectivity index is 2.05. The maximum atomic E-state index is 11.9. The summed E-state index contributed by atoms with van der Waals surface area (Å²) in [4.78, 5) is 11.9. The van der Waals surface area contributed by atoms with Crippen molar-refractivity contribution in [3.63, 3.8) is 0 Å². The van der Waals surface area contributed by atoms with Crippen LogP contribution >= 0.6 is 11.6 Å². The number of hydrogen-bond acceptors (Lipinski definition) is 5. The van der Waals surface area contributed by atoms with Gasteiger partial charge < -0.3 is 10.5 Å². The lowest BCUT2D eigenvalue weighted by Gasteiger charge is -2.22. The first-order chi connectivity index (χ1) is 12.2. The highest BCUT2D eigenvalue weighted by atomic mass is 35.5. The summed E-state index contributed by atoms with van der Waals surface area (Å²) < 4.78 is 32.4. The number of aromatic nitrogens is 2. The predicted molar refractivity (Wildman–Crippen MR) is 98.7 cm³/mol. The van der Waals surface area contributed by atoms with Crippen LogP contribution in [0.4, 0.5) is 5.69 Å². The summed E-state index contributed by atoms with van der Waals surface area (Å²) in [7, 11) is -3.47. The van der Waals surface area contributed by atoms with E-state index in [2.05, 4.69) is 9.82 Å². The summed E-state index contributed by atoms with van der Waals surface area (Å²) in [5.41, 5.74) is 6.92. The Morgan fingerprint density at radius 2 is 2.04 bits per heavy atom. The smallest absolute Gasteiger partial charge is 0.252 e. The van der Waals surface area contributed by atoms with Crippen molar-refractivity contribution in [2.45, 2.75) is 18.9 Å². The molecule has 10 heteroatoms. The Bertz CT molecular complexity index is 936. The molecule has 1 aliphatic heterocycles. The molecule has 0 radical (unpaired) electrons. The standard InChI is InChI=1S/C16H19ClN4O4S/c1-26(23,24)20-12-7-10(6-11(17)8-12)15-14(16(18)22)9-21(19-15)13-2-4-25-5-3-13/h6-9,13,20H,2-5H2,1H3,(H2,18,22). The minimum atomic E-state index is -3.47. The van der Waals surface area contributed by atoms with Crippen LogP contribution < -0.4 is 10.5 Å². The van der Waals surface area contributed by atoms with E-state index in [-0.39, 0.29) is 17.3 Å². The van der Waals surface area contributed by atoms with Gasteiger partial charge in [-0.1, -0.05) is 11.6 Å². The van der Waals surface area contributed by atoms with E-state index in [0.29, 0.717) is 29.5 Å². The zero-order chi connectivity index (χ0) is 18.9. The van der Waals surface area contributed by atoms with E-state index in [9.17, 15) is 13.2 Å². The van der Waals surface area contributed by atoms with Crippen molar-refractivity contribution in [2.75, 3.05) is 24.2 Å². The van der Waals surface area contributed by atoms with Crippen LogP contribution in [0.25, 0.3) is 11.3 Å². The average Bonchev–Trinajstić information content (AvgIpc) is 2.99. The lowest BCUT2D eigenvalue weighted by Crippen LogP contribution is -2.20. The van der Waals surface area contributed by atoms with Gasteiger partial charge in [-0.15, -0.1) is 0 Å². The molecule has 0 spiro atoms. The highest BCUT2D eigenvalue weighted by Crippen LogP contribution is 2.31. The Morgan fingerprint density at radius 1 is 1.35 bits per heavy atom. The van der Waals surface area contributed by atoms with E-state index in [1.54, 1.807) is 23.0 Å². The van der Waals surface area contributed by atoms with Crippen molar-refractivity contribution in [1.29, 1.82) is 0 Å². The molecule has 1 fully saturated rings. The summed E-state index contributed by atoms with van der Waals surface area (Å²) in [5, 5.41) is 4.84. The fourth-order valence-corrected chi connectivity index (χ4v) is 3.70. The SMILES string of the molecule is CS(=O)(=O)Nc1cc(Cl)cc(-c2nn(C3CCOCC3)cc2C(N)=O)c1. The highest BCUT2D eigenvalue weighted by molar-refractivity contribution is 7.92. The molecule has 8 nitrogen and oxygen atoms in total. The van der Waals surface area contributed by atoms with Crippen LogP contribution in [0.5, 0.6) is 0 Å². The molecule has 140 valence electrons. The van der Waals surface area contributed by atoms with Gasteiger partial charge in [-0.05, 0) is 31.0 Å². The van der Waals surface area contributed by atoms with Crippen LogP contribution in [0.1, 0.15) is 29.2 Å². The van der Waals surface area contributed by atoms with Gasteiger partial charge in [-0.3, -0.25) is 14.2 Å². The van der Waals surface area contributed by atoms with E-state index in [0.717, 1.165) is 19.1 Å². The second-order valence-corrected chi connectivity index (χ2v) is 8.37. The molecule has 1 amide bonds. The van der Waals surface area contributed by atoms with E-state index < -0.39 is 15.9 Å². The molecule has 0 bridgehead atoms. The molecule has 1 saturated heterocycles. The number of halogens is 1. The Kier molecular flexibility index (Phi) is 5.22. The fraction of sp³-hybridized carbons (Fsp3) is 0.375. The van der Waals surface area contributed by atoms with E-state index in [4.69, 9.17) is 22.1 Å². The second kappa shape index (κ2) is 7.26. The second-order valence-electron chi connectivity index (χ2n) is 6.18. The molecule has 0 aliphatic carbocycles. The van der Waals surface area contributed by atoms with E-state index in [1.165, 1.54) is 6.07 Å². The van der Waals surface area contributed by atoms with Crippen molar-refractivity contribution in [1.82, 2.24) is 9.78 Å². The maximum absolute atomic E-state index is 11.9. The maximum Gasteiger partial charge on any atom is 0.252 e. The van der Waals surface area contributed by atoms with Crippen LogP contribution in [-0.2, 0) is 14.8 Å². The fourth-order valence-electron chi connectivity index (χ4n) is 2.92. The van der Waals surface area contributed by atoms with E-state index >= 15 is 0 Å². The number of carbonyl (C=O) groups excluding carboxylic acids is 1. The monoisotopic (exact) mass is 398 g/mol. The number of nitrogens with one attached hydrogen (secondary N) is 1. The van der Waals surface area contributed by atoms with Gasteiger partial charge in [-0.2, -0.15) is 5.10 Å². The Hall–Kier alpha value is -2.10. The van der Waals surface area contributed by atoms with Gasteiger partial charge in [0.2, 0.25) is 10.0 Å². The van der Waals surface area contributed by atoms with Crippen molar-refractivity contribution >= 4 is 33.2 Å². The van der Waals surface area contributed by atoms with Gasteiger partial charge >= 0.3 is 0 Å². The van der Waals surface area contributed by atoms with Gasteiger partial charge in [0.05, 0.1) is 23.5 Å². The largest absolute Gasteiger partial charge is 0.381 e. The molecule has 1 aliphatic rings. The number of nitrogens with two attached hydrogens (primary N) is 1. The number of sulfonamides is 1. The summed E-state index contributed by atoms with van der Waals surface area (Å²) in [6.45, 7) is 1.26. The number of anilines is 1. The Labute approximate surface area is 156 Å². The molecule has 0 atom stereocenters. The lowest BCUT2D eigenvalue weighted by molar-refractivity contribution is 0.0663. The molecule has 0 saturated carbocycles. The van der Waals surface area contributed by atoms with Gasteiger partial charge in [0.25, 0.3) is 5.91 Å². The average molecular weight is 399 g/mol. The van der Waals surface area contributed by atoms with E-state index in [1.807, 2.05) is 0 Å². The normalized spacial score (nSPS) is 15.8. The van der Waals surface area contributed by atoms with Crippen molar-refractivity contribution in [3.05, 3.63) is 35.0 Å². The number of benzene rings is 1. The molecule has 1 aromatic heterocycles. The molecule has 3 N–H and O–H groups in total. The third-order valence-corrected chi connectivity index (χ3v) is 4.86. The minimum Gasteiger partial charge on any atom is -0.381 e. The van der Waals surface area contributed by atoms with Gasteiger partial charge in [0.15, 0.2) is 0 Å². The van der Waals surface area contributed by atoms with Gasteiger partial charge in [-0.25, -0.2) is 8.42 Å². The van der Waals surface area contributed by atoms with Gasteiger partial charge in [0.1, 0.15) is 5.69 Å². The number of hydrogen-bond donors (Lipinski definition) is 2. The van der Waals surface area contributed by atoms with Crippen LogP contribution in [0.2, 0.25) is 5.02 Å². The molecular formula is C16H19ClN4O4S. The summed E-state index contributed by atoms with van der Waals surface area (Å²) in [6, 6.07) is 4.77. The summed E-state index contributed by atoms with van der Waals surface area (Å²) in [6.07, 6.45) is 4.24. The number of carbonyl (C=O) groups is 1. The number of ether oxygens (including phenoxy) is 1. The third kappa shape index (κ3) is 4.35. The molecule has 1 aromatic carbocycles. The summed E-state index contributed by atoms with van der Waals surface area (Å²) in [5.74, 6) is -0.615. The number of rotatable bonds is 5. The molecule has 0 unspecified atom stereocenters. The molecule has 26 heavy (non-hydrogen) atoms. The molecule has 2 aromatic rings. The topological polar surface area (TPSA) is 116 Å². The van der Waals surface area contributed by atoms with Crippen LogP contribution in [0.3, 0.4) is 0 Å². The van der Waals surface area contributed by atoms with Crippen molar-refractivity contribution in [2.24, 2.45) is 5.73 Å². The zero-order valence-electron chi connectivity index (χ0n) is 14.1. The number of nitrogens with zero attached hydrogens (tertiary/aromatic N) is 2. The Morgan fingerprint density at radius 3 is 2.65 bits per heavy atom. The van der Waals surface area contributed by atoms with Crippen LogP contribution in [0, 0.1) is 0 Å². The first-order valence-corrected chi connectivity index (χ1v) is 10.3. The van der Waals surface area contributed by atoms with Crippen LogP contribution in [-0.4, -0.2) is 43.6 Å². The van der Waals surface area contributed by atoms with Crippen LogP contribution in [0.15, 0.2) is 24.4 Å². The van der Waals surface area contributed by atoms with Crippen molar-refractivity contribution < 1.29 is 17.9 Å². The third-order valence-electron chi connectivity index (χ3n) is 4.04. The molecular weight excluding hydrogens is 380 g/mol. The number of amides is 1. The minimum absolute atomic E-state index is 0.114. The van der Waals surface area contributed by atoms with Gasteiger partial charge in [0, 0.05) is 30.0 Å². The quantitative estimate of drug-likeness (QED) is 0.799. The molecule has 2 heterocycles. The number of primary amides is 1. The predicted octanol–water partition coefficient (Wildman–Crippen LogP) is 2.03. The first kappa shape index (κ1) is 18.7. The molecule has 3 rings (SSSR count). The lowest BCUT2D eigenvalue weighted by atomic mass is 10.1. The van der Waals surface area contributed by atoms with Crippen molar-refractivity contribution in [3.8, 4) is 11.3 Å².